The van der Waals surface area contributed by atoms with E-state index in [1.165, 1.54) is 32.0 Å². The van der Waals surface area contributed by atoms with E-state index in [9.17, 15) is 0 Å². The summed E-state index contributed by atoms with van der Waals surface area (Å²) in [6.07, 6.45) is 7.71. The molecule has 0 spiro atoms. The minimum atomic E-state index is 0.310. The first kappa shape index (κ1) is 15.0. The van der Waals surface area contributed by atoms with Crippen LogP contribution in [0.5, 0.6) is 0 Å². The van der Waals surface area contributed by atoms with Crippen LogP contribution in [0.4, 0.5) is 11.5 Å². The largest absolute Gasteiger partial charge is 0.393 e. The van der Waals surface area contributed by atoms with Gasteiger partial charge in [-0.05, 0) is 12.3 Å². The second-order valence-corrected chi connectivity index (χ2v) is 5.31. The maximum absolute atomic E-state index is 5.81. The van der Waals surface area contributed by atoms with Crippen LogP contribution in [0.3, 0.4) is 0 Å². The lowest BCUT2D eigenvalue weighted by Gasteiger charge is -2.08. The van der Waals surface area contributed by atoms with Gasteiger partial charge in [0.25, 0.3) is 0 Å². The van der Waals surface area contributed by atoms with Gasteiger partial charge in [0.05, 0.1) is 0 Å². The number of nitrogens with zero attached hydrogens (tertiary/aromatic N) is 2. The summed E-state index contributed by atoms with van der Waals surface area (Å²) in [5.41, 5.74) is 6.19. The van der Waals surface area contributed by atoms with Gasteiger partial charge in [0, 0.05) is 6.54 Å². The Morgan fingerprint density at radius 1 is 1.22 bits per heavy atom. The van der Waals surface area contributed by atoms with Crippen molar-refractivity contribution in [2.45, 2.75) is 46.0 Å². The summed E-state index contributed by atoms with van der Waals surface area (Å²) >= 11 is 5.81. The molecule has 102 valence electrons. The number of nitrogens with two attached hydrogens (primary N) is 1. The molecule has 0 aromatic carbocycles. The maximum atomic E-state index is 5.81. The fraction of sp³-hybridized carbons (Fsp3) is 0.692. The minimum Gasteiger partial charge on any atom is -0.393 e. The first-order valence-corrected chi connectivity index (χ1v) is 6.99. The van der Waals surface area contributed by atoms with E-state index in [4.69, 9.17) is 17.3 Å². The highest BCUT2D eigenvalue weighted by Crippen LogP contribution is 2.21. The van der Waals surface area contributed by atoms with Crippen molar-refractivity contribution in [2.24, 2.45) is 5.92 Å². The lowest BCUT2D eigenvalue weighted by Crippen LogP contribution is -2.07. The highest BCUT2D eigenvalue weighted by Gasteiger charge is 2.04. The number of unbranched alkanes of at least 4 members (excludes halogenated alkanes) is 3. The van der Waals surface area contributed by atoms with Crippen molar-refractivity contribution in [3.8, 4) is 0 Å². The number of hydrogen-bond donors (Lipinski definition) is 2. The molecule has 0 saturated heterocycles. The fourth-order valence-corrected chi connectivity index (χ4v) is 1.89. The number of halogens is 1. The molecule has 1 aromatic heterocycles. The number of nitrogens with one attached hydrogen (secondary N) is 1. The standard InChI is InChI=1S/C13H23ClN4/c1-10(2)7-5-3-4-6-8-16-13-11(15)12(14)17-9-18-13/h9-10H,3-8,15H2,1-2H3,(H,16,17,18). The molecule has 0 saturated carbocycles. The van der Waals surface area contributed by atoms with E-state index < -0.39 is 0 Å². The average Bonchev–Trinajstić information content (AvgIpc) is 2.32. The molecule has 0 aliphatic carbocycles. The Bertz CT molecular complexity index is 355. The predicted molar refractivity (Wildman–Crippen MR) is 77.9 cm³/mol. The summed E-state index contributed by atoms with van der Waals surface area (Å²) in [6, 6.07) is 0. The van der Waals surface area contributed by atoms with Crippen molar-refractivity contribution in [3.63, 3.8) is 0 Å². The van der Waals surface area contributed by atoms with Gasteiger partial charge in [-0.25, -0.2) is 9.97 Å². The molecule has 1 aromatic rings. The van der Waals surface area contributed by atoms with Gasteiger partial charge in [-0.2, -0.15) is 0 Å². The van der Waals surface area contributed by atoms with Crippen molar-refractivity contribution in [1.82, 2.24) is 9.97 Å². The van der Waals surface area contributed by atoms with Gasteiger partial charge in [0.15, 0.2) is 11.0 Å². The summed E-state index contributed by atoms with van der Waals surface area (Å²) in [5, 5.41) is 3.50. The van der Waals surface area contributed by atoms with E-state index in [2.05, 4.69) is 29.1 Å². The van der Waals surface area contributed by atoms with Crippen LogP contribution in [0.1, 0.15) is 46.0 Å². The van der Waals surface area contributed by atoms with Crippen LogP contribution < -0.4 is 11.1 Å². The lowest BCUT2D eigenvalue weighted by molar-refractivity contribution is 0.523. The molecule has 0 unspecified atom stereocenters. The smallest absolute Gasteiger partial charge is 0.157 e. The Morgan fingerprint density at radius 2 is 1.94 bits per heavy atom. The summed E-state index contributed by atoms with van der Waals surface area (Å²) in [4.78, 5) is 7.88. The number of nitrogen functional groups attached to an aromatic ring is 1. The molecule has 4 nitrogen and oxygen atoms in total. The second-order valence-electron chi connectivity index (χ2n) is 4.95. The Kier molecular flexibility index (Phi) is 6.80. The van der Waals surface area contributed by atoms with Gasteiger partial charge in [-0.1, -0.05) is 51.1 Å². The van der Waals surface area contributed by atoms with Crippen molar-refractivity contribution in [2.75, 3.05) is 17.6 Å². The zero-order chi connectivity index (χ0) is 13.4. The monoisotopic (exact) mass is 270 g/mol. The second kappa shape index (κ2) is 8.14. The van der Waals surface area contributed by atoms with Gasteiger partial charge in [-0.15, -0.1) is 0 Å². The number of hydrogen-bond acceptors (Lipinski definition) is 4. The number of aromatic nitrogens is 2. The molecule has 1 heterocycles. The predicted octanol–water partition coefficient (Wildman–Crippen LogP) is 3.73. The third-order valence-corrected chi connectivity index (χ3v) is 3.14. The van der Waals surface area contributed by atoms with Gasteiger partial charge in [-0.3, -0.25) is 0 Å². The summed E-state index contributed by atoms with van der Waals surface area (Å²) < 4.78 is 0. The Hall–Kier alpha value is -1.03. The highest BCUT2D eigenvalue weighted by molar-refractivity contribution is 6.32. The van der Waals surface area contributed by atoms with Gasteiger partial charge in [0.1, 0.15) is 12.0 Å². The van der Waals surface area contributed by atoms with Gasteiger partial charge in [0.2, 0.25) is 0 Å². The zero-order valence-corrected chi connectivity index (χ0v) is 12.0. The van der Waals surface area contributed by atoms with Gasteiger partial charge < -0.3 is 11.1 Å². The molecular formula is C13H23ClN4. The average molecular weight is 271 g/mol. The van der Waals surface area contributed by atoms with Crippen LogP contribution in [0.2, 0.25) is 5.15 Å². The maximum Gasteiger partial charge on any atom is 0.157 e. The van der Waals surface area contributed by atoms with Crippen molar-refractivity contribution >= 4 is 23.1 Å². The first-order valence-electron chi connectivity index (χ1n) is 6.61. The normalized spacial score (nSPS) is 10.9. The van der Waals surface area contributed by atoms with E-state index in [-0.39, 0.29) is 0 Å². The first-order chi connectivity index (χ1) is 8.61. The third-order valence-electron chi connectivity index (χ3n) is 2.84. The SMILES string of the molecule is CC(C)CCCCCCNc1ncnc(Cl)c1N. The number of rotatable bonds is 8. The van der Waals surface area contributed by atoms with E-state index >= 15 is 0 Å². The van der Waals surface area contributed by atoms with E-state index in [1.807, 2.05) is 0 Å². The third kappa shape index (κ3) is 5.54. The topological polar surface area (TPSA) is 63.8 Å². The van der Waals surface area contributed by atoms with Crippen molar-refractivity contribution in [3.05, 3.63) is 11.5 Å². The molecule has 0 fully saturated rings. The highest BCUT2D eigenvalue weighted by atomic mass is 35.5. The molecule has 0 radical (unpaired) electrons. The Morgan fingerprint density at radius 3 is 2.67 bits per heavy atom. The van der Waals surface area contributed by atoms with Crippen LogP contribution in [0.15, 0.2) is 6.33 Å². The van der Waals surface area contributed by atoms with Crippen LogP contribution in [0, 0.1) is 5.92 Å². The molecule has 0 amide bonds. The van der Waals surface area contributed by atoms with Crippen molar-refractivity contribution in [1.29, 1.82) is 0 Å². The summed E-state index contributed by atoms with van der Waals surface area (Å²) in [5.74, 6) is 1.45. The molecule has 0 aliphatic heterocycles. The van der Waals surface area contributed by atoms with Crippen LogP contribution in [-0.4, -0.2) is 16.5 Å². The fourth-order valence-electron chi connectivity index (χ4n) is 1.75. The molecule has 0 bridgehead atoms. The molecule has 5 heteroatoms. The summed E-state index contributed by atoms with van der Waals surface area (Å²) in [6.45, 7) is 5.41. The van der Waals surface area contributed by atoms with Crippen LogP contribution in [-0.2, 0) is 0 Å². The van der Waals surface area contributed by atoms with Crippen LogP contribution >= 0.6 is 11.6 Å². The Balaban J connectivity index is 2.13. The minimum absolute atomic E-state index is 0.310. The summed E-state index contributed by atoms with van der Waals surface area (Å²) in [7, 11) is 0. The zero-order valence-electron chi connectivity index (χ0n) is 11.2. The molecule has 1 rings (SSSR count). The van der Waals surface area contributed by atoms with E-state index in [0.717, 1.165) is 18.9 Å². The van der Waals surface area contributed by atoms with E-state index in [1.54, 1.807) is 0 Å². The quantitative estimate of drug-likeness (QED) is 0.558. The van der Waals surface area contributed by atoms with E-state index in [0.29, 0.717) is 16.7 Å². The van der Waals surface area contributed by atoms with Crippen molar-refractivity contribution < 1.29 is 0 Å². The van der Waals surface area contributed by atoms with Crippen LogP contribution in [0.25, 0.3) is 0 Å². The Labute approximate surface area is 114 Å². The number of anilines is 2. The lowest BCUT2D eigenvalue weighted by atomic mass is 10.0. The molecule has 0 aliphatic rings. The molecule has 3 N–H and O–H groups in total. The molecular weight excluding hydrogens is 248 g/mol. The van der Waals surface area contributed by atoms with Gasteiger partial charge >= 0.3 is 0 Å². The molecule has 0 atom stereocenters. The molecule has 18 heavy (non-hydrogen) atoms.